The van der Waals surface area contributed by atoms with Crippen LogP contribution in [0.1, 0.15) is 19.8 Å². The van der Waals surface area contributed by atoms with E-state index in [4.69, 9.17) is 17.3 Å². The molecule has 0 bridgehead atoms. The highest BCUT2D eigenvalue weighted by Gasteiger charge is 2.26. The lowest BCUT2D eigenvalue weighted by Gasteiger charge is -2.32. The monoisotopic (exact) mass is 276 g/mol. The van der Waals surface area contributed by atoms with Crippen LogP contribution in [0.4, 0.5) is 5.82 Å². The van der Waals surface area contributed by atoms with E-state index < -0.39 is 0 Å². The summed E-state index contributed by atoms with van der Waals surface area (Å²) in [6, 6.07) is 5.57. The Hall–Kier alpha value is -1.55. The van der Waals surface area contributed by atoms with Crippen LogP contribution in [0.5, 0.6) is 0 Å². The van der Waals surface area contributed by atoms with Crippen molar-refractivity contribution in [3.8, 4) is 11.3 Å². The molecule has 2 aromatic heterocycles. The standard InChI is InChI=1S/C14H17ClN4/c1-9-4-10(5-9)8-19-14(16)6-12(18-19)11-2-3-13(15)17-7-11/h2-3,6-7,9-10H,4-5,8,16H2,1H3. The number of nitrogens with zero attached hydrogens (tertiary/aromatic N) is 3. The Morgan fingerprint density at radius 2 is 2.21 bits per heavy atom. The quantitative estimate of drug-likeness (QED) is 0.876. The van der Waals surface area contributed by atoms with Crippen LogP contribution in [-0.2, 0) is 6.54 Å². The third kappa shape index (κ3) is 2.59. The fourth-order valence-electron chi connectivity index (χ4n) is 2.71. The van der Waals surface area contributed by atoms with E-state index in [0.29, 0.717) is 16.9 Å². The molecule has 1 aliphatic rings. The van der Waals surface area contributed by atoms with Gasteiger partial charge in [-0.05, 0) is 36.8 Å². The van der Waals surface area contributed by atoms with Gasteiger partial charge in [-0.2, -0.15) is 5.10 Å². The van der Waals surface area contributed by atoms with Gasteiger partial charge in [-0.3, -0.25) is 0 Å². The van der Waals surface area contributed by atoms with Crippen LogP contribution >= 0.6 is 11.6 Å². The second-order valence-electron chi connectivity index (χ2n) is 5.45. The van der Waals surface area contributed by atoms with Gasteiger partial charge in [-0.15, -0.1) is 0 Å². The summed E-state index contributed by atoms with van der Waals surface area (Å²) in [5.41, 5.74) is 7.82. The molecule has 1 saturated carbocycles. The molecule has 1 aliphatic carbocycles. The topological polar surface area (TPSA) is 56.7 Å². The van der Waals surface area contributed by atoms with Gasteiger partial charge in [0.1, 0.15) is 11.0 Å². The summed E-state index contributed by atoms with van der Waals surface area (Å²) in [7, 11) is 0. The van der Waals surface area contributed by atoms with Gasteiger partial charge < -0.3 is 5.73 Å². The van der Waals surface area contributed by atoms with Gasteiger partial charge in [0, 0.05) is 24.4 Å². The highest BCUT2D eigenvalue weighted by molar-refractivity contribution is 6.29. The molecule has 0 saturated heterocycles. The van der Waals surface area contributed by atoms with Gasteiger partial charge in [0.05, 0.1) is 5.69 Å². The van der Waals surface area contributed by atoms with E-state index in [1.807, 2.05) is 16.8 Å². The summed E-state index contributed by atoms with van der Waals surface area (Å²) in [6.07, 6.45) is 4.27. The van der Waals surface area contributed by atoms with Crippen LogP contribution < -0.4 is 5.73 Å². The van der Waals surface area contributed by atoms with Gasteiger partial charge in [0.25, 0.3) is 0 Å². The fourth-order valence-corrected chi connectivity index (χ4v) is 2.82. The second-order valence-corrected chi connectivity index (χ2v) is 5.84. The highest BCUT2D eigenvalue weighted by Crippen LogP contribution is 2.34. The second kappa shape index (κ2) is 4.85. The molecule has 3 rings (SSSR count). The Bertz CT molecular complexity index is 570. The average molecular weight is 277 g/mol. The van der Waals surface area contributed by atoms with Crippen molar-refractivity contribution in [1.29, 1.82) is 0 Å². The number of pyridine rings is 1. The number of rotatable bonds is 3. The minimum atomic E-state index is 0.486. The van der Waals surface area contributed by atoms with Crippen molar-refractivity contribution in [3.05, 3.63) is 29.5 Å². The summed E-state index contributed by atoms with van der Waals surface area (Å²) >= 11 is 5.78. The lowest BCUT2D eigenvalue weighted by Crippen LogP contribution is -2.26. The minimum Gasteiger partial charge on any atom is -0.384 e. The number of nitrogens with two attached hydrogens (primary N) is 1. The Morgan fingerprint density at radius 1 is 1.42 bits per heavy atom. The molecule has 2 aromatic rings. The van der Waals surface area contributed by atoms with Gasteiger partial charge in [-0.25, -0.2) is 9.67 Å². The predicted molar refractivity (Wildman–Crippen MR) is 76.8 cm³/mol. The maximum Gasteiger partial charge on any atom is 0.129 e. The molecule has 5 heteroatoms. The number of hydrogen-bond acceptors (Lipinski definition) is 3. The maximum absolute atomic E-state index is 6.02. The fraction of sp³-hybridized carbons (Fsp3) is 0.429. The molecular weight excluding hydrogens is 260 g/mol. The number of anilines is 1. The first-order chi connectivity index (χ1) is 9.11. The molecule has 2 N–H and O–H groups in total. The molecule has 19 heavy (non-hydrogen) atoms. The minimum absolute atomic E-state index is 0.486. The molecule has 0 spiro atoms. The third-order valence-corrected chi connectivity index (χ3v) is 3.96. The first-order valence-corrected chi connectivity index (χ1v) is 6.95. The van der Waals surface area contributed by atoms with Crippen molar-refractivity contribution in [1.82, 2.24) is 14.8 Å². The smallest absolute Gasteiger partial charge is 0.129 e. The Labute approximate surface area is 117 Å². The SMILES string of the molecule is CC1CC(Cn2nc(-c3ccc(Cl)nc3)cc2N)C1. The van der Waals surface area contributed by atoms with E-state index in [2.05, 4.69) is 17.0 Å². The van der Waals surface area contributed by atoms with E-state index in [-0.39, 0.29) is 0 Å². The zero-order valence-corrected chi connectivity index (χ0v) is 11.6. The average Bonchev–Trinajstić information content (AvgIpc) is 2.70. The molecule has 0 radical (unpaired) electrons. The Morgan fingerprint density at radius 3 is 2.84 bits per heavy atom. The number of aromatic nitrogens is 3. The van der Waals surface area contributed by atoms with Gasteiger partial charge >= 0.3 is 0 Å². The molecule has 0 aliphatic heterocycles. The summed E-state index contributed by atoms with van der Waals surface area (Å²) < 4.78 is 1.90. The lowest BCUT2D eigenvalue weighted by molar-refractivity contribution is 0.183. The predicted octanol–water partition coefficient (Wildman–Crippen LogP) is 3.23. The van der Waals surface area contributed by atoms with Crippen molar-refractivity contribution in [2.75, 3.05) is 5.73 Å². The zero-order chi connectivity index (χ0) is 13.4. The molecule has 0 aromatic carbocycles. The lowest BCUT2D eigenvalue weighted by atomic mass is 9.76. The van der Waals surface area contributed by atoms with E-state index >= 15 is 0 Å². The van der Waals surface area contributed by atoms with Gasteiger partial charge in [-0.1, -0.05) is 18.5 Å². The summed E-state index contributed by atoms with van der Waals surface area (Å²) in [5.74, 6) is 2.28. The van der Waals surface area contributed by atoms with Crippen molar-refractivity contribution < 1.29 is 0 Å². The first kappa shape index (κ1) is 12.5. The van der Waals surface area contributed by atoms with E-state index in [0.717, 1.165) is 23.7 Å². The van der Waals surface area contributed by atoms with E-state index in [1.165, 1.54) is 12.8 Å². The molecule has 100 valence electrons. The summed E-state index contributed by atoms with van der Waals surface area (Å²) in [6.45, 7) is 3.20. The summed E-state index contributed by atoms with van der Waals surface area (Å²) in [4.78, 5) is 4.07. The largest absolute Gasteiger partial charge is 0.384 e. The number of halogens is 1. The van der Waals surface area contributed by atoms with Gasteiger partial charge in [0.15, 0.2) is 0 Å². The van der Waals surface area contributed by atoms with Crippen molar-refractivity contribution in [3.63, 3.8) is 0 Å². The normalized spacial score (nSPS) is 22.2. The van der Waals surface area contributed by atoms with Crippen LogP contribution in [-0.4, -0.2) is 14.8 Å². The van der Waals surface area contributed by atoms with Crippen LogP contribution in [0.3, 0.4) is 0 Å². The third-order valence-electron chi connectivity index (χ3n) is 3.74. The van der Waals surface area contributed by atoms with Crippen molar-refractivity contribution >= 4 is 17.4 Å². The number of nitrogen functional groups attached to an aromatic ring is 1. The zero-order valence-electron chi connectivity index (χ0n) is 10.9. The first-order valence-electron chi connectivity index (χ1n) is 6.57. The molecule has 1 fully saturated rings. The van der Waals surface area contributed by atoms with Crippen LogP contribution in [0, 0.1) is 11.8 Å². The molecule has 0 atom stereocenters. The van der Waals surface area contributed by atoms with E-state index in [1.54, 1.807) is 12.3 Å². The highest BCUT2D eigenvalue weighted by atomic mass is 35.5. The number of hydrogen-bond donors (Lipinski definition) is 1. The van der Waals surface area contributed by atoms with Crippen molar-refractivity contribution in [2.45, 2.75) is 26.3 Å². The Kier molecular flexibility index (Phi) is 3.19. The van der Waals surface area contributed by atoms with Gasteiger partial charge in [0.2, 0.25) is 0 Å². The Balaban J connectivity index is 1.78. The van der Waals surface area contributed by atoms with Crippen LogP contribution in [0.15, 0.2) is 24.4 Å². The summed E-state index contributed by atoms with van der Waals surface area (Å²) in [5, 5.41) is 5.05. The molecule has 2 heterocycles. The van der Waals surface area contributed by atoms with Crippen molar-refractivity contribution in [2.24, 2.45) is 11.8 Å². The van der Waals surface area contributed by atoms with Crippen LogP contribution in [0.25, 0.3) is 11.3 Å². The van der Waals surface area contributed by atoms with E-state index in [9.17, 15) is 0 Å². The molecule has 0 unspecified atom stereocenters. The maximum atomic E-state index is 6.02. The van der Waals surface area contributed by atoms with Crippen LogP contribution in [0.2, 0.25) is 5.15 Å². The molecule has 0 amide bonds. The molecule has 4 nitrogen and oxygen atoms in total. The molecular formula is C14H17ClN4.